The number of nitro benzene ring substituents is 1. The molecule has 0 saturated carbocycles. The van der Waals surface area contributed by atoms with E-state index < -0.39 is 28.7 Å². The molecule has 0 radical (unpaired) electrons. The molecule has 1 saturated heterocycles. The molecule has 1 aromatic heterocycles. The van der Waals surface area contributed by atoms with E-state index in [0.29, 0.717) is 13.0 Å². The number of alkyl halides is 3. The van der Waals surface area contributed by atoms with E-state index >= 15 is 0 Å². The van der Waals surface area contributed by atoms with Gasteiger partial charge in [-0.25, -0.2) is 4.98 Å². The molecule has 1 amide bonds. The minimum atomic E-state index is -4.50. The maximum Gasteiger partial charge on any atom is 0.416 e. The second kappa shape index (κ2) is 7.22. The molecule has 1 aliphatic heterocycles. The third kappa shape index (κ3) is 4.33. The summed E-state index contributed by atoms with van der Waals surface area (Å²) in [6.45, 7) is 0.477. The highest BCUT2D eigenvalue weighted by molar-refractivity contribution is 5.95. The average Bonchev–Trinajstić information content (AvgIpc) is 3.09. The summed E-state index contributed by atoms with van der Waals surface area (Å²) in [6, 6.07) is 7.02. The van der Waals surface area contributed by atoms with Crippen LogP contribution in [0.15, 0.2) is 42.6 Å². The third-order valence-electron chi connectivity index (χ3n) is 4.09. The van der Waals surface area contributed by atoms with Gasteiger partial charge < -0.3 is 9.64 Å². The van der Waals surface area contributed by atoms with Gasteiger partial charge in [-0.1, -0.05) is 6.07 Å². The van der Waals surface area contributed by atoms with E-state index in [-0.39, 0.29) is 23.7 Å². The van der Waals surface area contributed by atoms with E-state index in [1.165, 1.54) is 29.2 Å². The van der Waals surface area contributed by atoms with Crippen LogP contribution in [0.25, 0.3) is 0 Å². The number of carbonyl (C=O) groups excluding carboxylic acids is 1. The average molecular weight is 381 g/mol. The molecule has 10 heteroatoms. The zero-order valence-electron chi connectivity index (χ0n) is 13.8. The smallest absolute Gasteiger partial charge is 0.416 e. The first kappa shape index (κ1) is 18.6. The number of aromatic nitrogens is 1. The molecule has 142 valence electrons. The largest absolute Gasteiger partial charge is 0.472 e. The number of likely N-dealkylation sites (tertiary alicyclic amines) is 1. The SMILES string of the molecule is O=C(c1cccc([N+](=O)[O-])c1)N1CCC(Oc2cc(C(F)(F)F)ccn2)C1. The molecule has 1 atom stereocenters. The number of pyridine rings is 1. The summed E-state index contributed by atoms with van der Waals surface area (Å²) in [5.74, 6) is -0.568. The fourth-order valence-electron chi connectivity index (χ4n) is 2.76. The lowest BCUT2D eigenvalue weighted by atomic mass is 10.2. The Hall–Kier alpha value is -3.17. The first-order chi connectivity index (χ1) is 12.7. The maximum absolute atomic E-state index is 12.7. The van der Waals surface area contributed by atoms with Crippen LogP contribution in [0.3, 0.4) is 0 Å². The van der Waals surface area contributed by atoms with Gasteiger partial charge in [-0.15, -0.1) is 0 Å². The van der Waals surface area contributed by atoms with Crippen molar-refractivity contribution < 1.29 is 27.6 Å². The van der Waals surface area contributed by atoms with Crippen molar-refractivity contribution in [3.63, 3.8) is 0 Å². The van der Waals surface area contributed by atoms with Crippen molar-refractivity contribution in [3.05, 3.63) is 63.8 Å². The molecule has 1 aliphatic rings. The Balaban J connectivity index is 1.66. The van der Waals surface area contributed by atoms with Crippen LogP contribution in [0.1, 0.15) is 22.3 Å². The van der Waals surface area contributed by atoms with Crippen LogP contribution in [0.4, 0.5) is 18.9 Å². The monoisotopic (exact) mass is 381 g/mol. The Morgan fingerprint density at radius 2 is 2.07 bits per heavy atom. The van der Waals surface area contributed by atoms with Gasteiger partial charge in [0.25, 0.3) is 11.6 Å². The molecule has 27 heavy (non-hydrogen) atoms. The number of amides is 1. The number of ether oxygens (including phenoxy) is 1. The summed E-state index contributed by atoms with van der Waals surface area (Å²) in [5.41, 5.74) is -0.891. The molecular formula is C17H14F3N3O4. The van der Waals surface area contributed by atoms with Crippen molar-refractivity contribution in [1.29, 1.82) is 0 Å². The first-order valence-corrected chi connectivity index (χ1v) is 7.97. The van der Waals surface area contributed by atoms with Gasteiger partial charge in [0.15, 0.2) is 0 Å². The molecule has 0 N–H and O–H groups in total. The van der Waals surface area contributed by atoms with E-state index in [0.717, 1.165) is 18.3 Å². The number of non-ortho nitro benzene ring substituents is 1. The zero-order chi connectivity index (χ0) is 19.6. The van der Waals surface area contributed by atoms with Crippen LogP contribution in [-0.4, -0.2) is 39.9 Å². The van der Waals surface area contributed by atoms with E-state index in [4.69, 9.17) is 4.74 Å². The van der Waals surface area contributed by atoms with E-state index in [1.807, 2.05) is 0 Å². The summed E-state index contributed by atoms with van der Waals surface area (Å²) in [6.07, 6.45) is -3.58. The Kier molecular flexibility index (Phi) is 4.98. The molecule has 2 heterocycles. The Morgan fingerprint density at radius 1 is 1.30 bits per heavy atom. The lowest BCUT2D eigenvalue weighted by molar-refractivity contribution is -0.384. The minimum absolute atomic E-state index is 0.152. The van der Waals surface area contributed by atoms with Gasteiger partial charge in [0.05, 0.1) is 17.0 Å². The predicted octanol–water partition coefficient (Wildman–Crippen LogP) is 3.30. The minimum Gasteiger partial charge on any atom is -0.472 e. The Bertz CT molecular complexity index is 872. The molecule has 0 aliphatic carbocycles. The third-order valence-corrected chi connectivity index (χ3v) is 4.09. The quantitative estimate of drug-likeness (QED) is 0.599. The van der Waals surface area contributed by atoms with Gasteiger partial charge in [-0.2, -0.15) is 13.2 Å². The molecule has 2 aromatic rings. The number of rotatable bonds is 4. The number of nitrogens with zero attached hydrogens (tertiary/aromatic N) is 3. The second-order valence-electron chi connectivity index (χ2n) is 5.97. The summed E-state index contributed by atoms with van der Waals surface area (Å²) in [4.78, 5) is 27.9. The molecule has 0 spiro atoms. The zero-order valence-corrected chi connectivity index (χ0v) is 13.8. The van der Waals surface area contributed by atoms with E-state index in [2.05, 4.69) is 4.98 Å². The first-order valence-electron chi connectivity index (χ1n) is 7.97. The topological polar surface area (TPSA) is 85.6 Å². The second-order valence-corrected chi connectivity index (χ2v) is 5.97. The van der Waals surface area contributed by atoms with Gasteiger partial charge in [0.2, 0.25) is 5.88 Å². The highest BCUT2D eigenvalue weighted by Crippen LogP contribution is 2.31. The lowest BCUT2D eigenvalue weighted by Gasteiger charge is -2.17. The maximum atomic E-state index is 12.7. The summed E-state index contributed by atoms with van der Waals surface area (Å²) in [5, 5.41) is 10.8. The fourth-order valence-corrected chi connectivity index (χ4v) is 2.76. The molecular weight excluding hydrogens is 367 g/mol. The lowest BCUT2D eigenvalue weighted by Crippen LogP contribution is -2.31. The van der Waals surface area contributed by atoms with Crippen LogP contribution in [0, 0.1) is 10.1 Å². The number of nitro groups is 1. The van der Waals surface area contributed by atoms with Crippen molar-refractivity contribution in [2.45, 2.75) is 18.7 Å². The molecule has 1 aromatic carbocycles. The Morgan fingerprint density at radius 3 is 2.78 bits per heavy atom. The van der Waals surface area contributed by atoms with Crippen molar-refractivity contribution in [3.8, 4) is 5.88 Å². The number of benzene rings is 1. The van der Waals surface area contributed by atoms with Crippen LogP contribution < -0.4 is 4.74 Å². The van der Waals surface area contributed by atoms with E-state index in [1.54, 1.807) is 0 Å². The van der Waals surface area contributed by atoms with Crippen molar-refractivity contribution in [2.75, 3.05) is 13.1 Å². The van der Waals surface area contributed by atoms with Gasteiger partial charge in [-0.3, -0.25) is 14.9 Å². The molecule has 1 fully saturated rings. The van der Waals surface area contributed by atoms with Gasteiger partial charge in [-0.05, 0) is 12.1 Å². The highest BCUT2D eigenvalue weighted by atomic mass is 19.4. The van der Waals surface area contributed by atoms with Crippen molar-refractivity contribution in [1.82, 2.24) is 9.88 Å². The van der Waals surface area contributed by atoms with Crippen LogP contribution in [0.2, 0.25) is 0 Å². The molecule has 0 bridgehead atoms. The van der Waals surface area contributed by atoms with Crippen LogP contribution in [-0.2, 0) is 6.18 Å². The predicted molar refractivity (Wildman–Crippen MR) is 87.3 cm³/mol. The summed E-state index contributed by atoms with van der Waals surface area (Å²) in [7, 11) is 0. The van der Waals surface area contributed by atoms with E-state index in [9.17, 15) is 28.1 Å². The van der Waals surface area contributed by atoms with Gasteiger partial charge >= 0.3 is 6.18 Å². The number of carbonyl (C=O) groups is 1. The number of hydrogen-bond acceptors (Lipinski definition) is 5. The summed E-state index contributed by atoms with van der Waals surface area (Å²) < 4.78 is 43.7. The van der Waals surface area contributed by atoms with Crippen molar-refractivity contribution >= 4 is 11.6 Å². The Labute approximate surface area is 151 Å². The summed E-state index contributed by atoms with van der Waals surface area (Å²) >= 11 is 0. The van der Waals surface area contributed by atoms with Gasteiger partial charge in [0.1, 0.15) is 6.10 Å². The van der Waals surface area contributed by atoms with Gasteiger partial charge in [0, 0.05) is 42.9 Å². The normalized spacial score (nSPS) is 17.0. The number of halogens is 3. The highest BCUT2D eigenvalue weighted by Gasteiger charge is 2.32. The number of hydrogen-bond donors (Lipinski definition) is 0. The molecule has 1 unspecified atom stereocenters. The molecule has 7 nitrogen and oxygen atoms in total. The van der Waals surface area contributed by atoms with Crippen molar-refractivity contribution in [2.24, 2.45) is 0 Å². The fraction of sp³-hybridized carbons (Fsp3) is 0.294. The van der Waals surface area contributed by atoms with Crippen LogP contribution >= 0.6 is 0 Å². The standard InChI is InChI=1S/C17H14F3N3O4/c18-17(19,20)12-4-6-21-15(9-12)27-14-5-7-22(10-14)16(24)11-2-1-3-13(8-11)23(25)26/h1-4,6,8-9,14H,5,7,10H2. The molecule has 3 rings (SSSR count). The van der Waals surface area contributed by atoms with Crippen LogP contribution in [0.5, 0.6) is 5.88 Å².